The smallest absolute Gasteiger partial charge is 0.245 e. The molecule has 3 aromatic rings. The van der Waals surface area contributed by atoms with Gasteiger partial charge in [0.25, 0.3) is 0 Å². The number of nitrogens with one attached hydrogen (secondary N) is 1. The third kappa shape index (κ3) is 4.36. The number of morpholine rings is 1. The second-order valence-electron chi connectivity index (χ2n) is 6.97. The Morgan fingerprint density at radius 1 is 1.20 bits per heavy atom. The Morgan fingerprint density at radius 2 is 1.93 bits per heavy atom. The predicted octanol–water partition coefficient (Wildman–Crippen LogP) is 4.07. The average molecular weight is 473 g/mol. The number of benzene rings is 1. The number of nitrogens with zero attached hydrogens (tertiary/aromatic N) is 5. The second kappa shape index (κ2) is 8.93. The van der Waals surface area contributed by atoms with E-state index in [1.165, 1.54) is 0 Å². The van der Waals surface area contributed by atoms with Gasteiger partial charge < -0.3 is 14.2 Å². The van der Waals surface area contributed by atoms with Crippen molar-refractivity contribution in [1.29, 1.82) is 0 Å². The Morgan fingerprint density at radius 3 is 2.67 bits per heavy atom. The molecule has 9 heteroatoms. The first-order valence-corrected chi connectivity index (χ1v) is 10.4. The van der Waals surface area contributed by atoms with Crippen LogP contribution in [-0.2, 0) is 4.74 Å². The number of hydrazone groups is 1. The van der Waals surface area contributed by atoms with Crippen molar-refractivity contribution in [3.05, 3.63) is 63.8 Å². The molecule has 0 radical (unpaired) electrons. The highest BCUT2D eigenvalue weighted by atomic mass is 79.9. The lowest BCUT2D eigenvalue weighted by Gasteiger charge is -2.27. The largest absolute Gasteiger partial charge is 0.378 e. The topological polar surface area (TPSA) is 67.6 Å². The molecule has 1 saturated heterocycles. The van der Waals surface area contributed by atoms with Crippen molar-refractivity contribution in [2.75, 3.05) is 36.6 Å². The summed E-state index contributed by atoms with van der Waals surface area (Å²) in [7, 11) is 0. The van der Waals surface area contributed by atoms with Crippen LogP contribution in [0.3, 0.4) is 0 Å². The van der Waals surface area contributed by atoms with Gasteiger partial charge in [0.2, 0.25) is 5.95 Å². The lowest BCUT2D eigenvalue weighted by atomic mass is 10.2. The van der Waals surface area contributed by atoms with Gasteiger partial charge in [-0.15, -0.1) is 0 Å². The third-order valence-corrected chi connectivity index (χ3v) is 5.49. The van der Waals surface area contributed by atoms with E-state index < -0.39 is 5.82 Å². The maximum atomic E-state index is 14.1. The van der Waals surface area contributed by atoms with E-state index in [1.54, 1.807) is 6.21 Å². The van der Waals surface area contributed by atoms with E-state index in [9.17, 15) is 4.39 Å². The zero-order valence-electron chi connectivity index (χ0n) is 16.8. The Hall–Kier alpha value is -2.78. The van der Waals surface area contributed by atoms with Crippen molar-refractivity contribution in [3.63, 3.8) is 0 Å². The van der Waals surface area contributed by atoms with Crippen molar-refractivity contribution in [1.82, 2.24) is 14.5 Å². The van der Waals surface area contributed by atoms with Crippen molar-refractivity contribution in [3.8, 4) is 5.69 Å². The van der Waals surface area contributed by atoms with Gasteiger partial charge in [0.1, 0.15) is 0 Å². The summed E-state index contributed by atoms with van der Waals surface area (Å²) >= 11 is 3.47. The molecule has 0 saturated carbocycles. The van der Waals surface area contributed by atoms with Crippen LogP contribution >= 0.6 is 15.9 Å². The van der Waals surface area contributed by atoms with Gasteiger partial charge >= 0.3 is 0 Å². The molecule has 0 spiro atoms. The summed E-state index contributed by atoms with van der Waals surface area (Å²) in [6, 6.07) is 10.2. The lowest BCUT2D eigenvalue weighted by Crippen LogP contribution is -2.37. The van der Waals surface area contributed by atoms with E-state index in [0.29, 0.717) is 26.3 Å². The zero-order chi connectivity index (χ0) is 21.1. The number of aromatic nitrogens is 3. The van der Waals surface area contributed by atoms with Crippen LogP contribution in [0.5, 0.6) is 0 Å². The molecule has 0 bridgehead atoms. The first-order valence-electron chi connectivity index (χ1n) is 9.62. The Labute approximate surface area is 182 Å². The van der Waals surface area contributed by atoms with E-state index in [1.807, 2.05) is 24.0 Å². The molecule has 30 heavy (non-hydrogen) atoms. The normalized spacial score (nSPS) is 14.5. The number of halogens is 2. The average Bonchev–Trinajstić information content (AvgIpc) is 3.04. The van der Waals surface area contributed by atoms with E-state index in [-0.39, 0.29) is 11.8 Å². The Balaban J connectivity index is 1.51. The molecule has 156 valence electrons. The lowest BCUT2D eigenvalue weighted by molar-refractivity contribution is 0.122. The molecule has 1 aliphatic heterocycles. The minimum absolute atomic E-state index is 0.246. The molecule has 4 rings (SSSR count). The quantitative estimate of drug-likeness (QED) is 0.447. The monoisotopic (exact) mass is 472 g/mol. The second-order valence-corrected chi connectivity index (χ2v) is 7.89. The van der Waals surface area contributed by atoms with E-state index in [4.69, 9.17) is 4.74 Å². The van der Waals surface area contributed by atoms with Crippen molar-refractivity contribution >= 4 is 33.9 Å². The van der Waals surface area contributed by atoms with Crippen LogP contribution in [0.15, 0.2) is 46.1 Å². The standard InChI is InChI=1S/C21H22BrFN6O/c1-14-11-16(15(2)29(14)18-5-3-17(22)4-6-18)12-25-27-21-24-13-19(23)20(26-21)28-7-9-30-10-8-28/h3-6,11-13H,7-10H2,1-2H3,(H,24,26,27)/b25-12+. The molecule has 1 aromatic carbocycles. The molecule has 2 aromatic heterocycles. The van der Waals surface area contributed by atoms with Crippen molar-refractivity contribution < 1.29 is 9.13 Å². The highest BCUT2D eigenvalue weighted by Gasteiger charge is 2.17. The fourth-order valence-electron chi connectivity index (χ4n) is 3.47. The van der Waals surface area contributed by atoms with Gasteiger partial charge in [-0.1, -0.05) is 15.9 Å². The molecule has 1 N–H and O–H groups in total. The van der Waals surface area contributed by atoms with Crippen LogP contribution in [0.1, 0.15) is 17.0 Å². The summed E-state index contributed by atoms with van der Waals surface area (Å²) in [5.41, 5.74) is 7.03. The van der Waals surface area contributed by atoms with Crippen LogP contribution in [0.4, 0.5) is 16.2 Å². The predicted molar refractivity (Wildman–Crippen MR) is 119 cm³/mol. The van der Waals surface area contributed by atoms with E-state index in [2.05, 4.69) is 66.1 Å². The SMILES string of the molecule is Cc1cc(/C=N/Nc2ncc(F)c(N3CCOCC3)n2)c(C)n1-c1ccc(Br)cc1. The molecule has 3 heterocycles. The van der Waals surface area contributed by atoms with Gasteiger partial charge in [-0.25, -0.2) is 14.8 Å². The van der Waals surface area contributed by atoms with Crippen LogP contribution in [0, 0.1) is 19.7 Å². The third-order valence-electron chi connectivity index (χ3n) is 4.96. The molecular weight excluding hydrogens is 451 g/mol. The number of aryl methyl sites for hydroxylation is 1. The van der Waals surface area contributed by atoms with Gasteiger partial charge in [-0.2, -0.15) is 10.1 Å². The van der Waals surface area contributed by atoms with Crippen LogP contribution in [0.25, 0.3) is 5.69 Å². The molecule has 0 aliphatic carbocycles. The van der Waals surface area contributed by atoms with Crippen LogP contribution < -0.4 is 10.3 Å². The van der Waals surface area contributed by atoms with Gasteiger partial charge in [0.15, 0.2) is 11.6 Å². The first kappa shape index (κ1) is 20.5. The molecule has 0 atom stereocenters. The highest BCUT2D eigenvalue weighted by Crippen LogP contribution is 2.22. The summed E-state index contributed by atoms with van der Waals surface area (Å²) in [5, 5.41) is 4.26. The van der Waals surface area contributed by atoms with Crippen molar-refractivity contribution in [2.24, 2.45) is 5.10 Å². The number of anilines is 2. The van der Waals surface area contributed by atoms with Crippen LogP contribution in [0.2, 0.25) is 0 Å². The molecule has 1 fully saturated rings. The van der Waals surface area contributed by atoms with Crippen molar-refractivity contribution in [2.45, 2.75) is 13.8 Å². The minimum Gasteiger partial charge on any atom is -0.378 e. The highest BCUT2D eigenvalue weighted by molar-refractivity contribution is 9.10. The minimum atomic E-state index is -0.454. The summed E-state index contributed by atoms with van der Waals surface area (Å²) in [6.45, 7) is 6.40. The fourth-order valence-corrected chi connectivity index (χ4v) is 3.74. The molecule has 0 amide bonds. The molecular formula is C21H22BrFN6O. The van der Waals surface area contributed by atoms with Gasteiger partial charge in [-0.3, -0.25) is 0 Å². The summed E-state index contributed by atoms with van der Waals surface area (Å²) in [6.07, 6.45) is 2.88. The maximum Gasteiger partial charge on any atom is 0.245 e. The summed E-state index contributed by atoms with van der Waals surface area (Å²) in [4.78, 5) is 10.1. The first-order chi connectivity index (χ1) is 14.5. The van der Waals surface area contributed by atoms with E-state index in [0.717, 1.165) is 33.3 Å². The number of hydrogen-bond acceptors (Lipinski definition) is 6. The van der Waals surface area contributed by atoms with Gasteiger partial charge in [0.05, 0.1) is 25.6 Å². The Bertz CT molecular complexity index is 1060. The van der Waals surface area contributed by atoms with Gasteiger partial charge in [0, 0.05) is 40.2 Å². The van der Waals surface area contributed by atoms with E-state index >= 15 is 0 Å². The molecule has 0 unspecified atom stereocenters. The fraction of sp³-hybridized carbons (Fsp3) is 0.286. The summed E-state index contributed by atoms with van der Waals surface area (Å²) < 4.78 is 22.7. The molecule has 7 nitrogen and oxygen atoms in total. The zero-order valence-corrected chi connectivity index (χ0v) is 18.4. The number of rotatable bonds is 5. The number of hydrogen-bond donors (Lipinski definition) is 1. The molecule has 1 aliphatic rings. The summed E-state index contributed by atoms with van der Waals surface area (Å²) in [5.74, 6) is 0.0553. The Kier molecular flexibility index (Phi) is 6.10. The van der Waals surface area contributed by atoms with Crippen LogP contribution in [-0.4, -0.2) is 47.1 Å². The van der Waals surface area contributed by atoms with Gasteiger partial charge in [-0.05, 0) is 44.2 Å². The maximum absolute atomic E-state index is 14.1. The number of ether oxygens (including phenoxy) is 1.